The second-order valence-corrected chi connectivity index (χ2v) is 6.62. The Bertz CT molecular complexity index is 711. The molecule has 1 N–H and O–H groups in total. The summed E-state index contributed by atoms with van der Waals surface area (Å²) in [5.41, 5.74) is 4.72. The molecule has 0 saturated heterocycles. The van der Waals surface area contributed by atoms with E-state index in [1.165, 1.54) is 36.0 Å². The Morgan fingerprint density at radius 2 is 1.91 bits per heavy atom. The fourth-order valence-corrected chi connectivity index (χ4v) is 3.45. The highest BCUT2D eigenvalue weighted by Crippen LogP contribution is 2.26. The predicted molar refractivity (Wildman–Crippen MR) is 95.0 cm³/mol. The van der Waals surface area contributed by atoms with E-state index in [1.807, 2.05) is 0 Å². The molecule has 1 atom stereocenters. The van der Waals surface area contributed by atoms with Gasteiger partial charge in [0.05, 0.1) is 6.04 Å². The third-order valence-electron chi connectivity index (χ3n) is 4.58. The summed E-state index contributed by atoms with van der Waals surface area (Å²) in [5.74, 6) is -0.0722. The molecule has 0 aliphatic heterocycles. The van der Waals surface area contributed by atoms with Crippen LogP contribution in [0.1, 0.15) is 59.3 Å². The zero-order chi connectivity index (χ0) is 16.2. The van der Waals surface area contributed by atoms with E-state index in [2.05, 4.69) is 30.4 Å². The molecular formula is C20H22ClNO. The fraction of sp³-hybridized carbons (Fsp3) is 0.350. The van der Waals surface area contributed by atoms with Crippen LogP contribution in [0.3, 0.4) is 0 Å². The lowest BCUT2D eigenvalue weighted by Crippen LogP contribution is -2.28. The van der Waals surface area contributed by atoms with Crippen molar-refractivity contribution in [1.82, 2.24) is 5.32 Å². The number of halogens is 1. The molecule has 0 spiro atoms. The summed E-state index contributed by atoms with van der Waals surface area (Å²) in [4.78, 5) is 12.5. The minimum atomic E-state index is -0.0722. The van der Waals surface area contributed by atoms with Crippen LogP contribution in [0.2, 0.25) is 5.02 Å². The zero-order valence-corrected chi connectivity index (χ0v) is 14.2. The van der Waals surface area contributed by atoms with Crippen LogP contribution in [0.15, 0.2) is 42.5 Å². The lowest BCUT2D eigenvalue weighted by Gasteiger charge is -2.22. The zero-order valence-electron chi connectivity index (χ0n) is 13.4. The molecule has 0 aromatic heterocycles. The Hall–Kier alpha value is -1.80. The van der Waals surface area contributed by atoms with E-state index in [1.54, 1.807) is 24.3 Å². The average molecular weight is 328 g/mol. The molecule has 0 saturated carbocycles. The molecule has 0 bridgehead atoms. The molecule has 0 radical (unpaired) electrons. The van der Waals surface area contributed by atoms with Gasteiger partial charge in [0.25, 0.3) is 5.91 Å². The van der Waals surface area contributed by atoms with Gasteiger partial charge in [-0.05, 0) is 67.0 Å². The smallest absolute Gasteiger partial charge is 0.251 e. The molecule has 120 valence electrons. The van der Waals surface area contributed by atoms with Gasteiger partial charge in [0.15, 0.2) is 0 Å². The normalized spacial score (nSPS) is 14.9. The Labute approximate surface area is 142 Å². The monoisotopic (exact) mass is 327 g/mol. The van der Waals surface area contributed by atoms with Gasteiger partial charge in [0, 0.05) is 10.6 Å². The van der Waals surface area contributed by atoms with Crippen LogP contribution < -0.4 is 5.32 Å². The van der Waals surface area contributed by atoms with E-state index in [9.17, 15) is 4.79 Å². The van der Waals surface area contributed by atoms with Gasteiger partial charge in [-0.1, -0.05) is 42.8 Å². The number of carbonyl (C=O) groups is 1. The molecule has 2 aromatic rings. The number of amides is 1. The first-order chi connectivity index (χ1) is 11.2. The van der Waals surface area contributed by atoms with Gasteiger partial charge in [-0.15, -0.1) is 0 Å². The van der Waals surface area contributed by atoms with Crippen LogP contribution in [0.4, 0.5) is 0 Å². The van der Waals surface area contributed by atoms with Crippen molar-refractivity contribution in [2.45, 2.75) is 45.1 Å². The number of carbonyl (C=O) groups excluding carboxylic acids is 1. The highest BCUT2D eigenvalue weighted by Gasteiger charge is 2.17. The number of benzene rings is 2. The van der Waals surface area contributed by atoms with Crippen molar-refractivity contribution < 1.29 is 4.79 Å². The molecule has 1 aliphatic carbocycles. The van der Waals surface area contributed by atoms with Crippen LogP contribution in [0, 0.1) is 0 Å². The van der Waals surface area contributed by atoms with Crippen molar-refractivity contribution in [3.8, 4) is 0 Å². The van der Waals surface area contributed by atoms with E-state index in [-0.39, 0.29) is 11.9 Å². The summed E-state index contributed by atoms with van der Waals surface area (Å²) in [6.45, 7) is 2.10. The molecule has 3 heteroatoms. The highest BCUT2D eigenvalue weighted by atomic mass is 35.5. The Morgan fingerprint density at radius 3 is 2.65 bits per heavy atom. The molecule has 3 rings (SSSR count). The molecule has 2 aromatic carbocycles. The van der Waals surface area contributed by atoms with Gasteiger partial charge < -0.3 is 5.32 Å². The third-order valence-corrected chi connectivity index (χ3v) is 4.81. The van der Waals surface area contributed by atoms with Gasteiger partial charge >= 0.3 is 0 Å². The maximum Gasteiger partial charge on any atom is 0.251 e. The minimum Gasteiger partial charge on any atom is -0.345 e. The van der Waals surface area contributed by atoms with Gasteiger partial charge in [-0.2, -0.15) is 0 Å². The number of aryl methyl sites for hydroxylation is 2. The summed E-state index contributed by atoms with van der Waals surface area (Å²) in [6.07, 6.45) is 5.76. The van der Waals surface area contributed by atoms with Crippen molar-refractivity contribution in [2.24, 2.45) is 0 Å². The van der Waals surface area contributed by atoms with Gasteiger partial charge in [-0.25, -0.2) is 0 Å². The van der Waals surface area contributed by atoms with E-state index < -0.39 is 0 Å². The fourth-order valence-electron chi connectivity index (χ4n) is 3.26. The number of hydrogen-bond donors (Lipinski definition) is 1. The second-order valence-electron chi connectivity index (χ2n) is 6.18. The molecule has 1 amide bonds. The van der Waals surface area contributed by atoms with Gasteiger partial charge in [0.1, 0.15) is 0 Å². The summed E-state index contributed by atoms with van der Waals surface area (Å²) in [6, 6.07) is 13.8. The molecule has 0 fully saturated rings. The standard InChI is InChI=1S/C20H22ClNO/c1-2-19(22-20(23)17-8-5-9-18(21)13-17)16-11-10-14-6-3-4-7-15(14)12-16/h5,8-13,19H,2-4,6-7H2,1H3,(H,22,23). The lowest BCUT2D eigenvalue weighted by molar-refractivity contribution is 0.0935. The Morgan fingerprint density at radius 1 is 1.13 bits per heavy atom. The van der Waals surface area contributed by atoms with Crippen LogP contribution in [0.5, 0.6) is 0 Å². The average Bonchev–Trinajstić information content (AvgIpc) is 2.59. The molecule has 1 aliphatic rings. The predicted octanol–water partition coefficient (Wildman–Crippen LogP) is 5.10. The van der Waals surface area contributed by atoms with Gasteiger partial charge in [-0.3, -0.25) is 4.79 Å². The molecule has 0 heterocycles. The van der Waals surface area contributed by atoms with Crippen molar-refractivity contribution in [2.75, 3.05) is 0 Å². The van der Waals surface area contributed by atoms with E-state index in [4.69, 9.17) is 11.6 Å². The van der Waals surface area contributed by atoms with Crippen molar-refractivity contribution >= 4 is 17.5 Å². The largest absolute Gasteiger partial charge is 0.345 e. The second kappa shape index (κ2) is 7.18. The quantitative estimate of drug-likeness (QED) is 0.831. The molecular weight excluding hydrogens is 306 g/mol. The Kier molecular flexibility index (Phi) is 5.02. The minimum absolute atomic E-state index is 0.0358. The third kappa shape index (κ3) is 3.76. The summed E-state index contributed by atoms with van der Waals surface area (Å²) in [5, 5.41) is 3.72. The number of rotatable bonds is 4. The first-order valence-corrected chi connectivity index (χ1v) is 8.73. The first-order valence-electron chi connectivity index (χ1n) is 8.35. The lowest BCUT2D eigenvalue weighted by atomic mass is 9.88. The molecule has 2 nitrogen and oxygen atoms in total. The summed E-state index contributed by atoms with van der Waals surface area (Å²) in [7, 11) is 0. The first kappa shape index (κ1) is 16.1. The molecule has 23 heavy (non-hydrogen) atoms. The number of nitrogens with one attached hydrogen (secondary N) is 1. The Balaban J connectivity index is 1.78. The SMILES string of the molecule is CCC(NC(=O)c1cccc(Cl)c1)c1ccc2c(c1)CCCC2. The maximum atomic E-state index is 12.5. The summed E-state index contributed by atoms with van der Waals surface area (Å²) < 4.78 is 0. The van der Waals surface area contributed by atoms with E-state index in [0.29, 0.717) is 10.6 Å². The van der Waals surface area contributed by atoms with E-state index in [0.717, 1.165) is 12.8 Å². The summed E-state index contributed by atoms with van der Waals surface area (Å²) >= 11 is 5.98. The molecule has 1 unspecified atom stereocenters. The number of fused-ring (bicyclic) bond motifs is 1. The van der Waals surface area contributed by atoms with Crippen LogP contribution in [-0.4, -0.2) is 5.91 Å². The topological polar surface area (TPSA) is 29.1 Å². The highest BCUT2D eigenvalue weighted by molar-refractivity contribution is 6.30. The van der Waals surface area contributed by atoms with Crippen LogP contribution in [0.25, 0.3) is 0 Å². The van der Waals surface area contributed by atoms with Crippen LogP contribution in [-0.2, 0) is 12.8 Å². The van der Waals surface area contributed by atoms with E-state index >= 15 is 0 Å². The van der Waals surface area contributed by atoms with Crippen molar-refractivity contribution in [3.05, 3.63) is 69.7 Å². The maximum absolute atomic E-state index is 12.5. The number of hydrogen-bond acceptors (Lipinski definition) is 1. The van der Waals surface area contributed by atoms with Crippen LogP contribution >= 0.6 is 11.6 Å². The van der Waals surface area contributed by atoms with Crippen molar-refractivity contribution in [3.63, 3.8) is 0 Å². The van der Waals surface area contributed by atoms with Crippen molar-refractivity contribution in [1.29, 1.82) is 0 Å². The van der Waals surface area contributed by atoms with Gasteiger partial charge in [0.2, 0.25) is 0 Å².